The molecule has 0 aromatic carbocycles. The largest absolute Gasteiger partial charge is 0.458 e. The standard InChI is InChI=1S/C20H32N2O3/c1-15-12-17(14-20(2,3)13-15)25-18(23)16-6-10-22(11-7-16)19(24)21-8-4-5-9-21/h12,16-17H,4-11,13-14H2,1-3H3. The zero-order chi connectivity index (χ0) is 18.0. The average molecular weight is 348 g/mol. The summed E-state index contributed by atoms with van der Waals surface area (Å²) >= 11 is 0. The lowest BCUT2D eigenvalue weighted by Crippen LogP contribution is -2.47. The van der Waals surface area contributed by atoms with Crippen molar-refractivity contribution in [1.82, 2.24) is 9.80 Å². The molecule has 0 aromatic heterocycles. The minimum Gasteiger partial charge on any atom is -0.458 e. The van der Waals surface area contributed by atoms with Gasteiger partial charge >= 0.3 is 12.0 Å². The zero-order valence-electron chi connectivity index (χ0n) is 15.9. The molecule has 140 valence electrons. The third kappa shape index (κ3) is 4.56. The SMILES string of the molecule is CC1=CC(OC(=O)C2CCN(C(=O)N3CCCC3)CC2)CC(C)(C)C1. The van der Waals surface area contributed by atoms with Gasteiger partial charge in [-0.05, 0) is 56.9 Å². The van der Waals surface area contributed by atoms with Gasteiger partial charge in [-0.3, -0.25) is 4.79 Å². The first-order valence-electron chi connectivity index (χ1n) is 9.76. The summed E-state index contributed by atoms with van der Waals surface area (Å²) < 4.78 is 5.80. The van der Waals surface area contributed by atoms with Crippen LogP contribution in [0.15, 0.2) is 11.6 Å². The second-order valence-corrected chi connectivity index (χ2v) is 8.77. The summed E-state index contributed by atoms with van der Waals surface area (Å²) in [5.74, 6) is -0.151. The van der Waals surface area contributed by atoms with E-state index in [1.165, 1.54) is 5.57 Å². The van der Waals surface area contributed by atoms with E-state index in [-0.39, 0.29) is 29.4 Å². The van der Waals surface area contributed by atoms with Crippen LogP contribution < -0.4 is 0 Å². The van der Waals surface area contributed by atoms with Crippen molar-refractivity contribution in [2.45, 2.75) is 65.4 Å². The molecule has 25 heavy (non-hydrogen) atoms. The van der Waals surface area contributed by atoms with Gasteiger partial charge in [-0.25, -0.2) is 4.79 Å². The van der Waals surface area contributed by atoms with E-state index < -0.39 is 0 Å². The van der Waals surface area contributed by atoms with Gasteiger partial charge in [-0.2, -0.15) is 0 Å². The van der Waals surface area contributed by atoms with Gasteiger partial charge in [0.1, 0.15) is 6.10 Å². The summed E-state index contributed by atoms with van der Waals surface area (Å²) in [6.07, 6.45) is 7.63. The van der Waals surface area contributed by atoms with Crippen LogP contribution in [-0.2, 0) is 9.53 Å². The number of hydrogen-bond acceptors (Lipinski definition) is 3. The maximum absolute atomic E-state index is 12.6. The number of piperidine rings is 1. The van der Waals surface area contributed by atoms with Crippen LogP contribution in [0.5, 0.6) is 0 Å². The third-order valence-corrected chi connectivity index (χ3v) is 5.72. The van der Waals surface area contributed by atoms with Crippen LogP contribution in [0.3, 0.4) is 0 Å². The number of carbonyl (C=O) groups is 2. The predicted molar refractivity (Wildman–Crippen MR) is 97.2 cm³/mol. The first kappa shape index (κ1) is 18.3. The third-order valence-electron chi connectivity index (χ3n) is 5.72. The maximum atomic E-state index is 12.6. The highest BCUT2D eigenvalue weighted by Gasteiger charge is 2.34. The van der Waals surface area contributed by atoms with E-state index in [9.17, 15) is 9.59 Å². The van der Waals surface area contributed by atoms with Crippen molar-refractivity contribution in [2.75, 3.05) is 26.2 Å². The van der Waals surface area contributed by atoms with Gasteiger partial charge < -0.3 is 14.5 Å². The van der Waals surface area contributed by atoms with Gasteiger partial charge in [0, 0.05) is 26.2 Å². The molecule has 0 saturated carbocycles. The van der Waals surface area contributed by atoms with Gasteiger partial charge in [0.25, 0.3) is 0 Å². The maximum Gasteiger partial charge on any atom is 0.319 e. The van der Waals surface area contributed by atoms with Crippen molar-refractivity contribution < 1.29 is 14.3 Å². The lowest BCUT2D eigenvalue weighted by atomic mass is 9.76. The van der Waals surface area contributed by atoms with E-state index in [1.54, 1.807) is 0 Å². The summed E-state index contributed by atoms with van der Waals surface area (Å²) in [5.41, 5.74) is 1.50. The quantitative estimate of drug-likeness (QED) is 0.566. The second-order valence-electron chi connectivity index (χ2n) is 8.77. The monoisotopic (exact) mass is 348 g/mol. The number of allylic oxidation sites excluding steroid dienone is 1. The van der Waals surface area contributed by atoms with Crippen molar-refractivity contribution >= 4 is 12.0 Å². The summed E-state index contributed by atoms with van der Waals surface area (Å²) in [4.78, 5) is 28.8. The van der Waals surface area contributed by atoms with E-state index in [1.807, 2.05) is 9.80 Å². The number of nitrogens with zero attached hydrogens (tertiary/aromatic N) is 2. The minimum atomic E-state index is -0.0967. The number of likely N-dealkylation sites (tertiary alicyclic amines) is 2. The molecule has 2 saturated heterocycles. The Hall–Kier alpha value is -1.52. The van der Waals surface area contributed by atoms with Crippen LogP contribution in [0, 0.1) is 11.3 Å². The minimum absolute atomic E-state index is 0.0682. The summed E-state index contributed by atoms with van der Waals surface area (Å²) in [6.45, 7) is 9.66. The molecular weight excluding hydrogens is 316 g/mol. The Morgan fingerprint density at radius 1 is 1.08 bits per heavy atom. The summed E-state index contributed by atoms with van der Waals surface area (Å²) in [6, 6.07) is 0.150. The zero-order valence-corrected chi connectivity index (χ0v) is 15.9. The molecule has 0 N–H and O–H groups in total. The highest BCUT2D eigenvalue weighted by molar-refractivity contribution is 5.76. The summed E-state index contributed by atoms with van der Waals surface area (Å²) in [7, 11) is 0. The molecule has 0 bridgehead atoms. The van der Waals surface area contributed by atoms with Crippen LogP contribution in [0.1, 0.15) is 59.3 Å². The van der Waals surface area contributed by atoms with Gasteiger partial charge in [0.2, 0.25) is 0 Å². The molecule has 3 aliphatic rings. The Morgan fingerprint density at radius 3 is 2.28 bits per heavy atom. The molecule has 1 unspecified atom stereocenters. The molecule has 0 radical (unpaired) electrons. The second kappa shape index (κ2) is 7.38. The molecule has 0 aromatic rings. The Labute approximate surface area is 151 Å². The number of rotatable bonds is 2. The summed E-state index contributed by atoms with van der Waals surface area (Å²) in [5, 5.41) is 0. The lowest BCUT2D eigenvalue weighted by molar-refractivity contribution is -0.154. The fraction of sp³-hybridized carbons (Fsp3) is 0.800. The van der Waals surface area contributed by atoms with E-state index in [0.29, 0.717) is 13.1 Å². The molecule has 5 heteroatoms. The fourth-order valence-corrected chi connectivity index (χ4v) is 4.54. The molecule has 2 fully saturated rings. The van der Waals surface area contributed by atoms with E-state index >= 15 is 0 Å². The Balaban J connectivity index is 1.48. The van der Waals surface area contributed by atoms with Gasteiger partial charge in [0.05, 0.1) is 5.92 Å². The number of ether oxygens (including phenoxy) is 1. The van der Waals surface area contributed by atoms with Gasteiger partial charge in [0.15, 0.2) is 0 Å². The van der Waals surface area contributed by atoms with Crippen LogP contribution >= 0.6 is 0 Å². The number of carbonyl (C=O) groups excluding carboxylic acids is 2. The lowest BCUT2D eigenvalue weighted by Gasteiger charge is -2.36. The highest BCUT2D eigenvalue weighted by atomic mass is 16.5. The van der Waals surface area contributed by atoms with E-state index in [2.05, 4.69) is 26.8 Å². The predicted octanol–water partition coefficient (Wildman–Crippen LogP) is 3.59. The van der Waals surface area contributed by atoms with Crippen molar-refractivity contribution in [1.29, 1.82) is 0 Å². The molecule has 2 aliphatic heterocycles. The van der Waals surface area contributed by atoms with Gasteiger partial charge in [-0.1, -0.05) is 19.4 Å². The molecule has 0 spiro atoms. The average Bonchev–Trinajstić information content (AvgIpc) is 3.06. The fourth-order valence-electron chi connectivity index (χ4n) is 4.54. The van der Waals surface area contributed by atoms with Crippen LogP contribution in [0.4, 0.5) is 4.79 Å². The smallest absolute Gasteiger partial charge is 0.319 e. The Morgan fingerprint density at radius 2 is 1.68 bits per heavy atom. The van der Waals surface area contributed by atoms with Crippen molar-refractivity contribution in [3.05, 3.63) is 11.6 Å². The molecule has 2 amide bonds. The molecule has 2 heterocycles. The van der Waals surface area contributed by atoms with Crippen molar-refractivity contribution in [2.24, 2.45) is 11.3 Å². The van der Waals surface area contributed by atoms with Crippen LogP contribution in [-0.4, -0.2) is 54.1 Å². The first-order valence-corrected chi connectivity index (χ1v) is 9.76. The first-order chi connectivity index (χ1) is 11.8. The molecule has 3 rings (SSSR count). The molecular formula is C20H32N2O3. The number of hydrogen-bond donors (Lipinski definition) is 0. The van der Waals surface area contributed by atoms with Crippen molar-refractivity contribution in [3.63, 3.8) is 0 Å². The molecule has 1 atom stereocenters. The normalized spacial score (nSPS) is 27.2. The van der Waals surface area contributed by atoms with Crippen LogP contribution in [0.25, 0.3) is 0 Å². The molecule has 1 aliphatic carbocycles. The van der Waals surface area contributed by atoms with Crippen LogP contribution in [0.2, 0.25) is 0 Å². The number of amides is 2. The van der Waals surface area contributed by atoms with Gasteiger partial charge in [-0.15, -0.1) is 0 Å². The van der Waals surface area contributed by atoms with E-state index in [0.717, 1.165) is 51.6 Å². The topological polar surface area (TPSA) is 49.9 Å². The molecule has 5 nitrogen and oxygen atoms in total. The highest BCUT2D eigenvalue weighted by Crippen LogP contribution is 2.36. The van der Waals surface area contributed by atoms with E-state index in [4.69, 9.17) is 4.74 Å². The van der Waals surface area contributed by atoms with Crippen molar-refractivity contribution in [3.8, 4) is 0 Å². The Kier molecular flexibility index (Phi) is 5.40. The Bertz CT molecular complexity index is 541. The number of esters is 1. The number of urea groups is 1.